The number of anilines is 1. The minimum absolute atomic E-state index is 0.0662. The molecule has 6 heteroatoms. The third kappa shape index (κ3) is 5.23. The summed E-state index contributed by atoms with van der Waals surface area (Å²) >= 11 is 0. The van der Waals surface area contributed by atoms with Crippen molar-refractivity contribution in [1.82, 2.24) is 5.32 Å². The minimum atomic E-state index is -0.373. The molecule has 0 saturated carbocycles. The van der Waals surface area contributed by atoms with Crippen LogP contribution in [-0.2, 0) is 4.79 Å². The lowest BCUT2D eigenvalue weighted by molar-refractivity contribution is -0.125. The molecule has 1 heterocycles. The Kier molecular flexibility index (Phi) is 7.19. The van der Waals surface area contributed by atoms with Crippen molar-refractivity contribution in [2.24, 2.45) is 10.9 Å². The highest BCUT2D eigenvalue weighted by atomic mass is 19.1. The molecule has 0 radical (unpaired) electrons. The van der Waals surface area contributed by atoms with Gasteiger partial charge in [0.15, 0.2) is 0 Å². The van der Waals surface area contributed by atoms with Crippen LogP contribution in [0.15, 0.2) is 41.4 Å². The summed E-state index contributed by atoms with van der Waals surface area (Å²) in [5.41, 5.74) is 3.04. The molecule has 0 unspecified atom stereocenters. The quantitative estimate of drug-likeness (QED) is 0.665. The van der Waals surface area contributed by atoms with Gasteiger partial charge >= 0.3 is 0 Å². The van der Waals surface area contributed by atoms with Gasteiger partial charge in [0.05, 0.1) is 11.6 Å². The Bertz CT molecular complexity index is 942. The molecule has 0 spiro atoms. The van der Waals surface area contributed by atoms with E-state index in [0.29, 0.717) is 30.1 Å². The highest BCUT2D eigenvalue weighted by Crippen LogP contribution is 2.27. The molecule has 160 valence electrons. The number of hydrogen-bond donors (Lipinski definition) is 1. The molecule has 2 aromatic rings. The van der Waals surface area contributed by atoms with Crippen molar-refractivity contribution in [2.45, 2.75) is 40.0 Å². The molecule has 2 aromatic carbocycles. The highest BCUT2D eigenvalue weighted by molar-refractivity contribution is 6.01. The Balaban J connectivity index is 1.83. The van der Waals surface area contributed by atoms with E-state index in [1.165, 1.54) is 18.2 Å². The van der Waals surface area contributed by atoms with Gasteiger partial charge in [-0.2, -0.15) is 0 Å². The van der Waals surface area contributed by atoms with Crippen molar-refractivity contribution < 1.29 is 13.6 Å². The number of benzene rings is 2. The van der Waals surface area contributed by atoms with Gasteiger partial charge in [-0.1, -0.05) is 13.0 Å². The third-order valence-electron chi connectivity index (χ3n) is 5.51. The molecule has 1 aliphatic heterocycles. The van der Waals surface area contributed by atoms with Gasteiger partial charge in [0.2, 0.25) is 5.91 Å². The summed E-state index contributed by atoms with van der Waals surface area (Å²) in [6, 6.07) is 9.34. The first kappa shape index (κ1) is 21.9. The number of piperidine rings is 1. The van der Waals surface area contributed by atoms with Crippen LogP contribution >= 0.6 is 0 Å². The number of carbonyl (C=O) groups excluding carboxylic acids is 1. The lowest BCUT2D eigenvalue weighted by atomic mass is 9.96. The molecule has 1 saturated heterocycles. The van der Waals surface area contributed by atoms with E-state index >= 15 is 0 Å². The molecule has 1 atom stereocenters. The van der Waals surface area contributed by atoms with Gasteiger partial charge in [0, 0.05) is 36.6 Å². The van der Waals surface area contributed by atoms with Crippen molar-refractivity contribution >= 4 is 23.0 Å². The topological polar surface area (TPSA) is 44.7 Å². The molecule has 3 rings (SSSR count). The summed E-state index contributed by atoms with van der Waals surface area (Å²) in [7, 11) is 0. The van der Waals surface area contributed by atoms with E-state index in [9.17, 15) is 13.6 Å². The Morgan fingerprint density at radius 3 is 2.80 bits per heavy atom. The molecular weight excluding hydrogens is 384 g/mol. The Labute approximate surface area is 177 Å². The second-order valence-corrected chi connectivity index (χ2v) is 7.87. The van der Waals surface area contributed by atoms with Crippen LogP contribution in [0.25, 0.3) is 0 Å². The summed E-state index contributed by atoms with van der Waals surface area (Å²) in [6.07, 6.45) is 2.68. The number of halogens is 2. The van der Waals surface area contributed by atoms with Crippen LogP contribution in [-0.4, -0.2) is 31.3 Å². The first-order chi connectivity index (χ1) is 14.4. The number of hydrogen-bond acceptors (Lipinski definition) is 3. The number of nitrogens with zero attached hydrogens (tertiary/aromatic N) is 2. The van der Waals surface area contributed by atoms with E-state index in [1.807, 2.05) is 13.8 Å². The van der Waals surface area contributed by atoms with Gasteiger partial charge in [0.1, 0.15) is 11.6 Å². The number of rotatable bonds is 6. The molecule has 1 fully saturated rings. The maximum absolute atomic E-state index is 14.6. The maximum atomic E-state index is 14.6. The minimum Gasteiger partial charge on any atom is -0.371 e. The molecular formula is C24H29F2N3O. The molecule has 1 aliphatic rings. The second kappa shape index (κ2) is 9.83. The summed E-state index contributed by atoms with van der Waals surface area (Å²) in [5, 5.41) is 2.97. The van der Waals surface area contributed by atoms with E-state index in [1.54, 1.807) is 25.1 Å². The average molecular weight is 414 g/mol. The first-order valence-corrected chi connectivity index (χ1v) is 10.5. The van der Waals surface area contributed by atoms with Gasteiger partial charge < -0.3 is 10.2 Å². The lowest BCUT2D eigenvalue weighted by Crippen LogP contribution is -2.43. The number of nitrogens with one attached hydrogen (secondary N) is 1. The number of carbonyl (C=O) groups is 1. The molecule has 1 amide bonds. The summed E-state index contributed by atoms with van der Waals surface area (Å²) in [4.78, 5) is 19.0. The van der Waals surface area contributed by atoms with Crippen LogP contribution in [0, 0.1) is 24.5 Å². The number of aryl methyl sites for hydroxylation is 1. The first-order valence-electron chi connectivity index (χ1n) is 10.5. The fourth-order valence-electron chi connectivity index (χ4n) is 3.75. The van der Waals surface area contributed by atoms with E-state index in [0.717, 1.165) is 37.1 Å². The van der Waals surface area contributed by atoms with Crippen molar-refractivity contribution in [1.29, 1.82) is 0 Å². The van der Waals surface area contributed by atoms with Gasteiger partial charge in [-0.3, -0.25) is 9.79 Å². The van der Waals surface area contributed by atoms with E-state index in [4.69, 9.17) is 0 Å². The average Bonchev–Trinajstić information content (AvgIpc) is 2.75. The van der Waals surface area contributed by atoms with Crippen molar-refractivity contribution in [3.63, 3.8) is 0 Å². The van der Waals surface area contributed by atoms with Gasteiger partial charge in [0.25, 0.3) is 0 Å². The van der Waals surface area contributed by atoms with Crippen LogP contribution in [0.1, 0.15) is 44.2 Å². The fourth-order valence-corrected chi connectivity index (χ4v) is 3.75. The monoisotopic (exact) mass is 413 g/mol. The zero-order chi connectivity index (χ0) is 21.7. The Morgan fingerprint density at radius 2 is 2.03 bits per heavy atom. The predicted octanol–water partition coefficient (Wildman–Crippen LogP) is 5.16. The van der Waals surface area contributed by atoms with Gasteiger partial charge in [-0.25, -0.2) is 8.78 Å². The standard InChI is InChI=1S/C24H29F2N3O/c1-4-11-27-24(30)18-6-5-12-29(15-18)20-9-10-22(26)21(14-20)17(3)28-23-13-19(25)8-7-16(23)2/h7-10,13-14,18H,4-6,11-12,15H2,1-3H3,(H,27,30)/t18-/m1/s1. The van der Waals surface area contributed by atoms with Gasteiger partial charge in [-0.05, 0) is 69.0 Å². The summed E-state index contributed by atoms with van der Waals surface area (Å²) in [6.45, 7) is 7.72. The van der Waals surface area contributed by atoms with Gasteiger partial charge in [-0.15, -0.1) is 0 Å². The van der Waals surface area contributed by atoms with Crippen LogP contribution in [0.4, 0.5) is 20.2 Å². The van der Waals surface area contributed by atoms with E-state index in [2.05, 4.69) is 15.2 Å². The molecule has 0 aromatic heterocycles. The summed E-state index contributed by atoms with van der Waals surface area (Å²) in [5.74, 6) is -0.725. The molecule has 4 nitrogen and oxygen atoms in total. The molecule has 1 N–H and O–H groups in total. The van der Waals surface area contributed by atoms with Crippen molar-refractivity contribution in [3.8, 4) is 0 Å². The highest BCUT2D eigenvalue weighted by Gasteiger charge is 2.26. The van der Waals surface area contributed by atoms with E-state index in [-0.39, 0.29) is 23.5 Å². The Hall–Kier alpha value is -2.76. The van der Waals surface area contributed by atoms with Crippen LogP contribution in [0.3, 0.4) is 0 Å². The maximum Gasteiger partial charge on any atom is 0.224 e. The van der Waals surface area contributed by atoms with Crippen LogP contribution < -0.4 is 10.2 Å². The van der Waals surface area contributed by atoms with Crippen LogP contribution in [0.5, 0.6) is 0 Å². The Morgan fingerprint density at radius 1 is 1.23 bits per heavy atom. The number of aliphatic imine (C=N–C) groups is 1. The predicted molar refractivity (Wildman–Crippen MR) is 118 cm³/mol. The number of amides is 1. The third-order valence-corrected chi connectivity index (χ3v) is 5.51. The summed E-state index contributed by atoms with van der Waals surface area (Å²) < 4.78 is 28.2. The largest absolute Gasteiger partial charge is 0.371 e. The molecule has 0 aliphatic carbocycles. The molecule has 30 heavy (non-hydrogen) atoms. The molecule has 0 bridgehead atoms. The van der Waals surface area contributed by atoms with Crippen molar-refractivity contribution in [2.75, 3.05) is 24.5 Å². The SMILES string of the molecule is CCCNC(=O)[C@@H]1CCCN(c2ccc(F)c(C(C)=Nc3cc(F)ccc3C)c2)C1. The second-order valence-electron chi connectivity index (χ2n) is 7.87. The van der Waals surface area contributed by atoms with Crippen molar-refractivity contribution in [3.05, 3.63) is 59.2 Å². The zero-order valence-corrected chi connectivity index (χ0v) is 17.8. The fraction of sp³-hybridized carbons (Fsp3) is 0.417. The van der Waals surface area contributed by atoms with E-state index < -0.39 is 0 Å². The van der Waals surface area contributed by atoms with Crippen LogP contribution in [0.2, 0.25) is 0 Å². The smallest absolute Gasteiger partial charge is 0.224 e. The lowest BCUT2D eigenvalue weighted by Gasteiger charge is -2.34. The normalized spacial score (nSPS) is 17.2. The zero-order valence-electron chi connectivity index (χ0n) is 17.8.